The molecule has 0 aliphatic rings. The minimum absolute atomic E-state index is 1.10. The molecule has 0 heteroatoms. The number of hydrogen-bond acceptors (Lipinski definition) is 0. The van der Waals surface area contributed by atoms with E-state index in [-0.39, 0.29) is 0 Å². The topological polar surface area (TPSA) is 0 Å². The van der Waals surface area contributed by atoms with Crippen LogP contribution < -0.4 is 0 Å². The molecular formula is C11H15. The van der Waals surface area contributed by atoms with Gasteiger partial charge in [-0.1, -0.05) is 26.0 Å². The van der Waals surface area contributed by atoms with Gasteiger partial charge in [0.25, 0.3) is 0 Å². The molecule has 0 saturated heterocycles. The summed E-state index contributed by atoms with van der Waals surface area (Å²) in [6.07, 6.45) is 2.23. The number of rotatable bonds is 2. The Labute approximate surface area is 69.3 Å². The molecule has 0 aliphatic carbocycles. The molecule has 0 N–H and O–H groups in total. The Kier molecular flexibility index (Phi) is 2.70. The van der Waals surface area contributed by atoms with Crippen LogP contribution in [-0.4, -0.2) is 0 Å². The Hall–Kier alpha value is -0.780. The van der Waals surface area contributed by atoms with E-state index >= 15 is 0 Å². The maximum absolute atomic E-state index is 3.28. The molecule has 0 saturated carbocycles. The number of hydrogen-bond donors (Lipinski definition) is 0. The van der Waals surface area contributed by atoms with Gasteiger partial charge in [-0.05, 0) is 42.5 Å². The van der Waals surface area contributed by atoms with E-state index in [9.17, 15) is 0 Å². The highest BCUT2D eigenvalue weighted by Crippen LogP contribution is 2.14. The lowest BCUT2D eigenvalue weighted by atomic mass is 9.98. The van der Waals surface area contributed by atoms with Crippen molar-refractivity contribution in [2.75, 3.05) is 0 Å². The van der Waals surface area contributed by atoms with Crippen molar-refractivity contribution >= 4 is 0 Å². The molecule has 0 fully saturated rings. The van der Waals surface area contributed by atoms with Gasteiger partial charge in [-0.25, -0.2) is 0 Å². The van der Waals surface area contributed by atoms with Gasteiger partial charge in [0.1, 0.15) is 0 Å². The summed E-state index contributed by atoms with van der Waals surface area (Å²) >= 11 is 0. The SMILES string of the molecule is CCc1[c]ccc(C)c1CC. The number of aryl methyl sites for hydroxylation is 2. The third-order valence-electron chi connectivity index (χ3n) is 2.14. The van der Waals surface area contributed by atoms with Crippen molar-refractivity contribution in [1.29, 1.82) is 0 Å². The molecule has 1 rings (SSSR count). The first-order valence-electron chi connectivity index (χ1n) is 4.28. The lowest BCUT2D eigenvalue weighted by Crippen LogP contribution is -1.93. The normalized spacial score (nSPS) is 10.1. The highest BCUT2D eigenvalue weighted by molar-refractivity contribution is 5.33. The molecule has 0 atom stereocenters. The molecule has 0 spiro atoms. The molecule has 1 aromatic rings. The fourth-order valence-electron chi connectivity index (χ4n) is 1.50. The zero-order valence-corrected chi connectivity index (χ0v) is 7.57. The van der Waals surface area contributed by atoms with Gasteiger partial charge < -0.3 is 0 Å². The minimum Gasteiger partial charge on any atom is -0.0613 e. The van der Waals surface area contributed by atoms with Gasteiger partial charge in [0.15, 0.2) is 0 Å². The first-order valence-corrected chi connectivity index (χ1v) is 4.28. The average Bonchev–Trinajstić information content (AvgIpc) is 2.04. The van der Waals surface area contributed by atoms with Crippen LogP contribution in [0.5, 0.6) is 0 Å². The number of benzene rings is 1. The summed E-state index contributed by atoms with van der Waals surface area (Å²) in [6, 6.07) is 7.44. The van der Waals surface area contributed by atoms with Crippen molar-refractivity contribution in [2.45, 2.75) is 33.6 Å². The van der Waals surface area contributed by atoms with Crippen LogP contribution in [0.15, 0.2) is 12.1 Å². The predicted molar refractivity (Wildman–Crippen MR) is 48.8 cm³/mol. The van der Waals surface area contributed by atoms with Gasteiger partial charge in [0.05, 0.1) is 0 Å². The molecule has 11 heavy (non-hydrogen) atoms. The van der Waals surface area contributed by atoms with Crippen LogP contribution in [0.25, 0.3) is 0 Å². The lowest BCUT2D eigenvalue weighted by Gasteiger charge is -2.07. The van der Waals surface area contributed by atoms with E-state index in [1.165, 1.54) is 16.7 Å². The van der Waals surface area contributed by atoms with Crippen LogP contribution in [0.4, 0.5) is 0 Å². The van der Waals surface area contributed by atoms with E-state index in [1.54, 1.807) is 0 Å². The third-order valence-corrected chi connectivity index (χ3v) is 2.14. The van der Waals surface area contributed by atoms with Gasteiger partial charge in [-0.3, -0.25) is 0 Å². The Morgan fingerprint density at radius 1 is 1.27 bits per heavy atom. The summed E-state index contributed by atoms with van der Waals surface area (Å²) in [5.74, 6) is 0. The summed E-state index contributed by atoms with van der Waals surface area (Å²) in [7, 11) is 0. The molecule has 0 aliphatic heterocycles. The van der Waals surface area contributed by atoms with Gasteiger partial charge in [-0.15, -0.1) is 0 Å². The maximum Gasteiger partial charge on any atom is -0.0146 e. The van der Waals surface area contributed by atoms with Crippen LogP contribution in [0.1, 0.15) is 30.5 Å². The van der Waals surface area contributed by atoms with E-state index in [4.69, 9.17) is 0 Å². The Morgan fingerprint density at radius 2 is 2.00 bits per heavy atom. The molecule has 0 bridgehead atoms. The van der Waals surface area contributed by atoms with E-state index in [2.05, 4.69) is 32.9 Å². The highest BCUT2D eigenvalue weighted by Gasteiger charge is 2.00. The van der Waals surface area contributed by atoms with Crippen LogP contribution in [-0.2, 0) is 12.8 Å². The highest BCUT2D eigenvalue weighted by atomic mass is 14.0. The zero-order chi connectivity index (χ0) is 8.27. The quantitative estimate of drug-likeness (QED) is 0.603. The summed E-state index contributed by atoms with van der Waals surface area (Å²) in [5, 5.41) is 0. The van der Waals surface area contributed by atoms with Crippen molar-refractivity contribution in [1.82, 2.24) is 0 Å². The van der Waals surface area contributed by atoms with Crippen molar-refractivity contribution in [3.63, 3.8) is 0 Å². The average molecular weight is 147 g/mol. The Balaban J connectivity index is 3.13. The van der Waals surface area contributed by atoms with Gasteiger partial charge in [0.2, 0.25) is 0 Å². The summed E-state index contributed by atoms with van der Waals surface area (Å²) in [5.41, 5.74) is 4.27. The van der Waals surface area contributed by atoms with Crippen molar-refractivity contribution in [2.24, 2.45) is 0 Å². The van der Waals surface area contributed by atoms with E-state index in [1.807, 2.05) is 6.07 Å². The largest absolute Gasteiger partial charge is 0.0613 e. The molecule has 0 heterocycles. The van der Waals surface area contributed by atoms with E-state index in [0.29, 0.717) is 0 Å². The molecule has 1 radical (unpaired) electrons. The third kappa shape index (κ3) is 1.62. The molecule has 0 aromatic heterocycles. The van der Waals surface area contributed by atoms with Gasteiger partial charge >= 0.3 is 0 Å². The first kappa shape index (κ1) is 8.32. The standard InChI is InChI=1S/C11H15/c1-4-10-8-6-7-9(3)11(10)5-2/h6-7H,4-5H2,1-3H3. The van der Waals surface area contributed by atoms with Crippen molar-refractivity contribution in [3.8, 4) is 0 Å². The fraction of sp³-hybridized carbons (Fsp3) is 0.455. The van der Waals surface area contributed by atoms with Gasteiger partial charge in [0, 0.05) is 0 Å². The molecule has 0 amide bonds. The van der Waals surface area contributed by atoms with Crippen LogP contribution in [0, 0.1) is 13.0 Å². The Bertz CT molecular complexity index is 236. The van der Waals surface area contributed by atoms with E-state index < -0.39 is 0 Å². The predicted octanol–water partition coefficient (Wildman–Crippen LogP) is 2.92. The van der Waals surface area contributed by atoms with Crippen molar-refractivity contribution in [3.05, 3.63) is 34.9 Å². The lowest BCUT2D eigenvalue weighted by molar-refractivity contribution is 1.02. The minimum atomic E-state index is 1.10. The molecule has 1 aromatic carbocycles. The molecular weight excluding hydrogens is 132 g/mol. The monoisotopic (exact) mass is 147 g/mol. The van der Waals surface area contributed by atoms with Crippen LogP contribution >= 0.6 is 0 Å². The fourth-order valence-corrected chi connectivity index (χ4v) is 1.50. The molecule has 0 nitrogen and oxygen atoms in total. The summed E-state index contributed by atoms with van der Waals surface area (Å²) in [4.78, 5) is 0. The second-order valence-corrected chi connectivity index (χ2v) is 2.82. The second kappa shape index (κ2) is 3.56. The van der Waals surface area contributed by atoms with Crippen LogP contribution in [0.2, 0.25) is 0 Å². The van der Waals surface area contributed by atoms with Gasteiger partial charge in [-0.2, -0.15) is 0 Å². The first-order chi connectivity index (χ1) is 5.29. The maximum atomic E-state index is 3.28. The zero-order valence-electron chi connectivity index (χ0n) is 7.57. The van der Waals surface area contributed by atoms with Crippen LogP contribution in [0.3, 0.4) is 0 Å². The summed E-state index contributed by atoms with van der Waals surface area (Å²) in [6.45, 7) is 6.56. The summed E-state index contributed by atoms with van der Waals surface area (Å²) < 4.78 is 0. The smallest absolute Gasteiger partial charge is 0.0146 e. The second-order valence-electron chi connectivity index (χ2n) is 2.82. The molecule has 59 valence electrons. The molecule has 0 unspecified atom stereocenters. The van der Waals surface area contributed by atoms with Crippen molar-refractivity contribution < 1.29 is 0 Å². The van der Waals surface area contributed by atoms with E-state index in [0.717, 1.165) is 12.8 Å². The Morgan fingerprint density at radius 3 is 2.45 bits per heavy atom.